The molecule has 1 aromatic heterocycles. The van der Waals surface area contributed by atoms with E-state index < -0.39 is 17.7 Å². The predicted octanol–water partition coefficient (Wildman–Crippen LogP) is 4.23. The molecule has 5 rings (SSSR count). The Morgan fingerprint density at radius 1 is 1.00 bits per heavy atom. The molecular weight excluding hydrogens is 484 g/mol. The van der Waals surface area contributed by atoms with Crippen molar-refractivity contribution in [3.05, 3.63) is 94.4 Å². The fourth-order valence-corrected chi connectivity index (χ4v) is 4.91. The van der Waals surface area contributed by atoms with Crippen LogP contribution in [0, 0.1) is 13.8 Å². The van der Waals surface area contributed by atoms with Crippen LogP contribution in [0.3, 0.4) is 0 Å². The first-order chi connectivity index (χ1) is 18.4. The number of likely N-dealkylation sites (tertiary alicyclic amines) is 1. The maximum Gasteiger partial charge on any atom is 0.295 e. The molecule has 0 bridgehead atoms. The minimum absolute atomic E-state index is 0.0276. The lowest BCUT2D eigenvalue weighted by Crippen LogP contribution is -2.42. The smallest absolute Gasteiger partial charge is 0.295 e. The normalized spacial score (nSPS) is 19.7. The van der Waals surface area contributed by atoms with Gasteiger partial charge in [0, 0.05) is 31.7 Å². The highest BCUT2D eigenvalue weighted by Crippen LogP contribution is 2.40. The third-order valence-electron chi connectivity index (χ3n) is 6.95. The van der Waals surface area contributed by atoms with Crippen molar-refractivity contribution in [2.24, 2.45) is 0 Å². The van der Waals surface area contributed by atoms with Crippen molar-refractivity contribution in [2.45, 2.75) is 26.5 Å². The Hall–Kier alpha value is -3.88. The van der Waals surface area contributed by atoms with E-state index in [9.17, 15) is 14.7 Å². The molecule has 0 unspecified atom stereocenters. The molecule has 8 nitrogen and oxygen atoms in total. The Balaban J connectivity index is 1.39. The number of ketones is 1. The van der Waals surface area contributed by atoms with Crippen molar-refractivity contribution in [2.75, 3.05) is 39.4 Å². The zero-order valence-electron chi connectivity index (χ0n) is 21.7. The molecule has 2 saturated heterocycles. The van der Waals surface area contributed by atoms with Crippen LogP contribution in [0.4, 0.5) is 0 Å². The van der Waals surface area contributed by atoms with Gasteiger partial charge in [-0.05, 0) is 55.8 Å². The summed E-state index contributed by atoms with van der Waals surface area (Å²) in [5.74, 6) is 0.145. The molecule has 1 atom stereocenters. The molecule has 2 fully saturated rings. The standard InChI is InChI=1S/C30H32N2O6/c1-20-4-3-5-22(18-20)19-37-24-9-7-23(8-10-24)28(33)26-27(25-11-6-21(2)38-25)32(30(35)29(26)34)13-12-31-14-16-36-17-15-31/h3-11,18,27,33H,12-17,19H2,1-2H3/t27-/m1/s1. The predicted molar refractivity (Wildman–Crippen MR) is 142 cm³/mol. The van der Waals surface area contributed by atoms with E-state index >= 15 is 0 Å². The van der Waals surface area contributed by atoms with Crippen LogP contribution in [-0.2, 0) is 20.9 Å². The number of aliphatic hydroxyl groups excluding tert-OH is 1. The summed E-state index contributed by atoms with van der Waals surface area (Å²) in [6.45, 7) is 8.01. The van der Waals surface area contributed by atoms with Crippen molar-refractivity contribution in [1.82, 2.24) is 9.80 Å². The Morgan fingerprint density at radius 2 is 1.76 bits per heavy atom. The molecule has 38 heavy (non-hydrogen) atoms. The number of morpholine rings is 1. The number of ether oxygens (including phenoxy) is 2. The second-order valence-electron chi connectivity index (χ2n) is 9.70. The summed E-state index contributed by atoms with van der Waals surface area (Å²) in [7, 11) is 0. The Labute approximate surface area is 222 Å². The lowest BCUT2D eigenvalue weighted by molar-refractivity contribution is -0.140. The third kappa shape index (κ3) is 5.51. The van der Waals surface area contributed by atoms with Gasteiger partial charge in [-0.1, -0.05) is 29.8 Å². The number of carbonyl (C=O) groups is 2. The number of benzene rings is 2. The van der Waals surface area contributed by atoms with Gasteiger partial charge in [-0.3, -0.25) is 14.5 Å². The van der Waals surface area contributed by atoms with Gasteiger partial charge in [0.25, 0.3) is 11.7 Å². The molecule has 3 aromatic rings. The fourth-order valence-electron chi connectivity index (χ4n) is 4.91. The summed E-state index contributed by atoms with van der Waals surface area (Å²) < 4.78 is 17.2. The highest BCUT2D eigenvalue weighted by molar-refractivity contribution is 6.46. The SMILES string of the molecule is Cc1cccc(COc2ccc(C(O)=C3C(=O)C(=O)N(CCN4CCOCC4)[C@@H]3c3ccc(C)o3)cc2)c1. The van der Waals surface area contributed by atoms with E-state index in [1.807, 2.05) is 25.1 Å². The molecule has 1 N–H and O–H groups in total. The van der Waals surface area contributed by atoms with E-state index in [-0.39, 0.29) is 11.3 Å². The van der Waals surface area contributed by atoms with E-state index in [2.05, 4.69) is 11.0 Å². The number of rotatable bonds is 8. The second kappa shape index (κ2) is 11.2. The molecule has 1 amide bonds. The average Bonchev–Trinajstić information content (AvgIpc) is 3.47. The Morgan fingerprint density at radius 3 is 2.45 bits per heavy atom. The lowest BCUT2D eigenvalue weighted by atomic mass is 9.99. The summed E-state index contributed by atoms with van der Waals surface area (Å²) in [6, 6.07) is 17.7. The van der Waals surface area contributed by atoms with E-state index in [1.54, 1.807) is 43.3 Å². The molecular formula is C30H32N2O6. The highest BCUT2D eigenvalue weighted by atomic mass is 16.5. The summed E-state index contributed by atoms with van der Waals surface area (Å²) in [5.41, 5.74) is 2.67. The van der Waals surface area contributed by atoms with Gasteiger partial charge in [-0.25, -0.2) is 0 Å². The van der Waals surface area contributed by atoms with Crippen molar-refractivity contribution in [3.8, 4) is 5.75 Å². The van der Waals surface area contributed by atoms with Gasteiger partial charge in [-0.2, -0.15) is 0 Å². The molecule has 2 aromatic carbocycles. The number of furan rings is 1. The van der Waals surface area contributed by atoms with Gasteiger partial charge in [-0.15, -0.1) is 0 Å². The third-order valence-corrected chi connectivity index (χ3v) is 6.95. The van der Waals surface area contributed by atoms with Crippen molar-refractivity contribution >= 4 is 17.4 Å². The van der Waals surface area contributed by atoms with E-state index in [4.69, 9.17) is 13.9 Å². The largest absolute Gasteiger partial charge is 0.507 e. The molecule has 8 heteroatoms. The van der Waals surface area contributed by atoms with Crippen LogP contribution in [0.25, 0.3) is 5.76 Å². The molecule has 0 aliphatic carbocycles. The lowest BCUT2D eigenvalue weighted by Gasteiger charge is -2.30. The molecule has 0 radical (unpaired) electrons. The first-order valence-corrected chi connectivity index (χ1v) is 12.8. The van der Waals surface area contributed by atoms with E-state index in [1.165, 1.54) is 4.90 Å². The molecule has 0 saturated carbocycles. The topological polar surface area (TPSA) is 92.5 Å². The van der Waals surface area contributed by atoms with Gasteiger partial charge in [0.1, 0.15) is 35.7 Å². The molecule has 2 aliphatic rings. The number of aryl methyl sites for hydroxylation is 2. The molecule has 3 heterocycles. The minimum Gasteiger partial charge on any atom is -0.507 e. The van der Waals surface area contributed by atoms with Gasteiger partial charge < -0.3 is 23.9 Å². The van der Waals surface area contributed by atoms with Crippen LogP contribution in [0.5, 0.6) is 5.75 Å². The zero-order chi connectivity index (χ0) is 26.6. The number of aliphatic hydroxyl groups is 1. The van der Waals surface area contributed by atoms with Crippen LogP contribution in [-0.4, -0.2) is 66.0 Å². The molecule has 0 spiro atoms. The first kappa shape index (κ1) is 25.8. The average molecular weight is 517 g/mol. The minimum atomic E-state index is -0.804. The number of nitrogens with zero attached hydrogens (tertiary/aromatic N) is 2. The van der Waals surface area contributed by atoms with Crippen molar-refractivity contribution in [1.29, 1.82) is 0 Å². The fraction of sp³-hybridized carbons (Fsp3) is 0.333. The van der Waals surface area contributed by atoms with Crippen molar-refractivity contribution in [3.63, 3.8) is 0 Å². The molecule has 198 valence electrons. The Bertz CT molecular complexity index is 1340. The number of amides is 1. The maximum absolute atomic E-state index is 13.2. The quantitative estimate of drug-likeness (QED) is 0.272. The number of hydrogen-bond donors (Lipinski definition) is 1. The number of carbonyl (C=O) groups excluding carboxylic acids is 2. The number of hydrogen-bond acceptors (Lipinski definition) is 7. The van der Waals surface area contributed by atoms with Gasteiger partial charge in [0.2, 0.25) is 0 Å². The number of Topliss-reactive ketones (excluding diaryl/α,β-unsaturated/α-hetero) is 1. The second-order valence-corrected chi connectivity index (χ2v) is 9.70. The zero-order valence-corrected chi connectivity index (χ0v) is 21.7. The van der Waals surface area contributed by atoms with Crippen molar-refractivity contribution < 1.29 is 28.6 Å². The maximum atomic E-state index is 13.2. The van der Waals surface area contributed by atoms with Crippen LogP contribution in [0.1, 0.15) is 34.3 Å². The van der Waals surface area contributed by atoms with Crippen LogP contribution >= 0.6 is 0 Å². The van der Waals surface area contributed by atoms with Gasteiger partial charge in [0.05, 0.1) is 18.8 Å². The van der Waals surface area contributed by atoms with Gasteiger partial charge >= 0.3 is 0 Å². The summed E-state index contributed by atoms with van der Waals surface area (Å²) in [5, 5.41) is 11.3. The monoisotopic (exact) mass is 516 g/mol. The van der Waals surface area contributed by atoms with E-state index in [0.717, 1.165) is 24.2 Å². The first-order valence-electron chi connectivity index (χ1n) is 12.8. The summed E-state index contributed by atoms with van der Waals surface area (Å²) in [4.78, 5) is 30.1. The van der Waals surface area contributed by atoms with Crippen LogP contribution in [0.15, 0.2) is 70.7 Å². The van der Waals surface area contributed by atoms with Crippen LogP contribution < -0.4 is 4.74 Å². The van der Waals surface area contributed by atoms with Crippen LogP contribution in [0.2, 0.25) is 0 Å². The van der Waals surface area contributed by atoms with E-state index in [0.29, 0.717) is 55.7 Å². The highest BCUT2D eigenvalue weighted by Gasteiger charge is 2.47. The summed E-state index contributed by atoms with van der Waals surface area (Å²) >= 11 is 0. The summed E-state index contributed by atoms with van der Waals surface area (Å²) in [6.07, 6.45) is 0. The molecule has 2 aliphatic heterocycles. The Kier molecular flexibility index (Phi) is 7.62. The van der Waals surface area contributed by atoms with Gasteiger partial charge in [0.15, 0.2) is 0 Å².